The molecule has 0 aliphatic rings. The van der Waals surface area contributed by atoms with Gasteiger partial charge in [-0.3, -0.25) is 4.79 Å². The number of aromatic nitrogens is 2. The van der Waals surface area contributed by atoms with E-state index in [4.69, 9.17) is 27.7 Å². The van der Waals surface area contributed by atoms with Crippen LogP contribution in [0, 0.1) is 0 Å². The predicted molar refractivity (Wildman–Crippen MR) is 98.9 cm³/mol. The Morgan fingerprint density at radius 3 is 2.84 bits per heavy atom. The van der Waals surface area contributed by atoms with Gasteiger partial charge in [0.1, 0.15) is 0 Å². The average molecular weight is 396 g/mol. The number of thiophene rings is 1. The number of nitrogens with zero attached hydrogens (tertiary/aromatic N) is 3. The minimum absolute atomic E-state index is 0.0126. The average Bonchev–Trinajstić information content (AvgIpc) is 3.26. The first-order valence-corrected chi connectivity index (χ1v) is 9.26. The van der Waals surface area contributed by atoms with Crippen molar-refractivity contribution in [1.29, 1.82) is 0 Å². The molecule has 0 saturated carbocycles. The summed E-state index contributed by atoms with van der Waals surface area (Å²) in [5.74, 6) is 0.992. The summed E-state index contributed by atoms with van der Waals surface area (Å²) >= 11 is 13.5. The van der Waals surface area contributed by atoms with Gasteiger partial charge in [-0.1, -0.05) is 34.4 Å². The maximum Gasteiger partial charge on any atom is 0.227 e. The summed E-state index contributed by atoms with van der Waals surface area (Å²) < 4.78 is 5.21. The number of rotatable bonds is 6. The highest BCUT2D eigenvalue weighted by atomic mass is 35.5. The van der Waals surface area contributed by atoms with Gasteiger partial charge in [-0.05, 0) is 29.1 Å². The Morgan fingerprint density at radius 1 is 1.28 bits per heavy atom. The first-order valence-electron chi connectivity index (χ1n) is 7.56. The number of halogens is 2. The minimum atomic E-state index is -0.0126. The van der Waals surface area contributed by atoms with Gasteiger partial charge >= 0.3 is 0 Å². The van der Waals surface area contributed by atoms with Crippen LogP contribution in [0.5, 0.6) is 0 Å². The van der Waals surface area contributed by atoms with Crippen molar-refractivity contribution in [2.45, 2.75) is 19.4 Å². The van der Waals surface area contributed by atoms with Crippen molar-refractivity contribution in [1.82, 2.24) is 15.0 Å². The maximum atomic E-state index is 12.3. The summed E-state index contributed by atoms with van der Waals surface area (Å²) in [5.41, 5.74) is 1.84. The van der Waals surface area contributed by atoms with Crippen molar-refractivity contribution >= 4 is 40.4 Å². The van der Waals surface area contributed by atoms with Crippen LogP contribution in [0.15, 0.2) is 39.5 Å². The van der Waals surface area contributed by atoms with Crippen LogP contribution < -0.4 is 0 Å². The SMILES string of the molecule is CN(Cc1ccc(Cl)c(Cl)c1)C(=O)CCc1nc(-c2ccsc2)no1. The van der Waals surface area contributed by atoms with Crippen LogP contribution in [0.4, 0.5) is 0 Å². The van der Waals surface area contributed by atoms with Gasteiger partial charge in [-0.25, -0.2) is 0 Å². The molecule has 0 aliphatic carbocycles. The molecular weight excluding hydrogens is 381 g/mol. The fourth-order valence-electron chi connectivity index (χ4n) is 2.27. The van der Waals surface area contributed by atoms with Gasteiger partial charge in [0.15, 0.2) is 0 Å². The Morgan fingerprint density at radius 2 is 2.12 bits per heavy atom. The van der Waals surface area contributed by atoms with Crippen LogP contribution >= 0.6 is 34.5 Å². The third-order valence-electron chi connectivity index (χ3n) is 3.63. The lowest BCUT2D eigenvalue weighted by atomic mass is 10.2. The molecule has 130 valence electrons. The Hall–Kier alpha value is -1.89. The monoisotopic (exact) mass is 395 g/mol. The van der Waals surface area contributed by atoms with E-state index in [-0.39, 0.29) is 5.91 Å². The van der Waals surface area contributed by atoms with Crippen LogP contribution in [-0.4, -0.2) is 28.0 Å². The molecular formula is C17H15Cl2N3O2S. The zero-order valence-corrected chi connectivity index (χ0v) is 15.7. The second-order valence-corrected chi connectivity index (χ2v) is 7.12. The highest BCUT2D eigenvalue weighted by Crippen LogP contribution is 2.23. The first kappa shape index (κ1) is 17.9. The van der Waals surface area contributed by atoms with Gasteiger partial charge in [0, 0.05) is 37.4 Å². The van der Waals surface area contributed by atoms with Gasteiger partial charge in [0.05, 0.1) is 10.0 Å². The van der Waals surface area contributed by atoms with Gasteiger partial charge in [-0.2, -0.15) is 16.3 Å². The highest BCUT2D eigenvalue weighted by molar-refractivity contribution is 7.08. The Labute approximate surface area is 159 Å². The second kappa shape index (κ2) is 7.99. The first-order chi connectivity index (χ1) is 12.0. The summed E-state index contributed by atoms with van der Waals surface area (Å²) in [6.07, 6.45) is 0.699. The lowest BCUT2D eigenvalue weighted by molar-refractivity contribution is -0.130. The van der Waals surface area contributed by atoms with E-state index in [0.29, 0.717) is 41.1 Å². The molecule has 0 radical (unpaired) electrons. The highest BCUT2D eigenvalue weighted by Gasteiger charge is 2.14. The fourth-order valence-corrected chi connectivity index (χ4v) is 3.23. The lowest BCUT2D eigenvalue weighted by Gasteiger charge is -2.17. The largest absolute Gasteiger partial charge is 0.341 e. The molecule has 0 atom stereocenters. The summed E-state index contributed by atoms with van der Waals surface area (Å²) in [7, 11) is 1.75. The molecule has 0 saturated heterocycles. The van der Waals surface area contributed by atoms with E-state index in [0.717, 1.165) is 11.1 Å². The standard InChI is InChI=1S/C17H15Cl2N3O2S/c1-22(9-11-2-3-13(18)14(19)8-11)16(23)5-4-15-20-17(21-24-15)12-6-7-25-10-12/h2-3,6-8,10H,4-5,9H2,1H3. The number of amides is 1. The van der Waals surface area contributed by atoms with Gasteiger partial charge < -0.3 is 9.42 Å². The fraction of sp³-hybridized carbons (Fsp3) is 0.235. The lowest BCUT2D eigenvalue weighted by Crippen LogP contribution is -2.26. The number of hydrogen-bond donors (Lipinski definition) is 0. The van der Waals surface area contributed by atoms with Crippen LogP contribution in [0.2, 0.25) is 10.0 Å². The van der Waals surface area contributed by atoms with Crippen molar-refractivity contribution in [3.8, 4) is 11.4 Å². The molecule has 1 amide bonds. The summed E-state index contributed by atoms with van der Waals surface area (Å²) in [6, 6.07) is 7.26. The molecule has 2 heterocycles. The van der Waals surface area contributed by atoms with Crippen molar-refractivity contribution in [3.63, 3.8) is 0 Å². The molecule has 8 heteroatoms. The number of hydrogen-bond acceptors (Lipinski definition) is 5. The molecule has 1 aromatic carbocycles. The Balaban J connectivity index is 1.54. The predicted octanol–water partition coefficient (Wildman–Crippen LogP) is 4.70. The van der Waals surface area contributed by atoms with Crippen LogP contribution in [0.1, 0.15) is 17.9 Å². The van der Waals surface area contributed by atoms with Gasteiger partial charge in [0.2, 0.25) is 17.6 Å². The molecule has 0 N–H and O–H groups in total. The summed E-state index contributed by atoms with van der Waals surface area (Å²) in [5, 5.41) is 8.81. The van der Waals surface area contributed by atoms with Gasteiger partial charge in [-0.15, -0.1) is 0 Å². The van der Waals surface area contributed by atoms with Gasteiger partial charge in [0.25, 0.3) is 0 Å². The molecule has 0 bridgehead atoms. The number of aryl methyl sites for hydroxylation is 1. The van der Waals surface area contributed by atoms with Crippen LogP contribution in [0.3, 0.4) is 0 Å². The molecule has 3 rings (SSSR count). The number of carbonyl (C=O) groups excluding carboxylic acids is 1. The van der Waals surface area contributed by atoms with E-state index in [2.05, 4.69) is 10.1 Å². The van der Waals surface area contributed by atoms with E-state index in [1.54, 1.807) is 35.4 Å². The number of benzene rings is 1. The number of carbonyl (C=O) groups is 1. The zero-order valence-electron chi connectivity index (χ0n) is 13.4. The summed E-state index contributed by atoms with van der Waals surface area (Å²) in [4.78, 5) is 18.2. The molecule has 5 nitrogen and oxygen atoms in total. The minimum Gasteiger partial charge on any atom is -0.341 e. The van der Waals surface area contributed by atoms with E-state index in [9.17, 15) is 4.79 Å². The van der Waals surface area contributed by atoms with Crippen molar-refractivity contribution in [2.75, 3.05) is 7.05 Å². The smallest absolute Gasteiger partial charge is 0.227 e. The molecule has 0 unspecified atom stereocenters. The normalized spacial score (nSPS) is 10.8. The third-order valence-corrected chi connectivity index (χ3v) is 5.05. The molecule has 0 fully saturated rings. The molecule has 0 spiro atoms. The van der Waals surface area contributed by atoms with Crippen molar-refractivity contribution in [2.24, 2.45) is 0 Å². The third kappa shape index (κ3) is 4.60. The Kier molecular flexibility index (Phi) is 5.73. The van der Waals surface area contributed by atoms with Crippen LogP contribution in [-0.2, 0) is 17.8 Å². The van der Waals surface area contributed by atoms with Crippen molar-refractivity contribution < 1.29 is 9.32 Å². The van der Waals surface area contributed by atoms with Crippen LogP contribution in [0.25, 0.3) is 11.4 Å². The van der Waals surface area contributed by atoms with Crippen molar-refractivity contribution in [3.05, 3.63) is 56.5 Å². The van der Waals surface area contributed by atoms with E-state index < -0.39 is 0 Å². The van der Waals surface area contributed by atoms with E-state index in [1.807, 2.05) is 22.9 Å². The quantitative estimate of drug-likeness (QED) is 0.606. The topological polar surface area (TPSA) is 59.2 Å². The molecule has 25 heavy (non-hydrogen) atoms. The zero-order chi connectivity index (χ0) is 17.8. The van der Waals surface area contributed by atoms with E-state index >= 15 is 0 Å². The van der Waals surface area contributed by atoms with E-state index in [1.165, 1.54) is 0 Å². The second-order valence-electron chi connectivity index (χ2n) is 5.52. The molecule has 3 aromatic rings. The summed E-state index contributed by atoms with van der Waals surface area (Å²) in [6.45, 7) is 0.458. The maximum absolute atomic E-state index is 12.3. The molecule has 2 aromatic heterocycles. The molecule has 0 aliphatic heterocycles. The Bertz CT molecular complexity index is 865.